The van der Waals surface area contributed by atoms with Gasteiger partial charge in [-0.2, -0.15) is 4.98 Å². The molecule has 0 bridgehead atoms. The summed E-state index contributed by atoms with van der Waals surface area (Å²) in [5.74, 6) is -0.507. The number of rotatable bonds is 2. The van der Waals surface area contributed by atoms with Crippen molar-refractivity contribution in [1.29, 1.82) is 0 Å². The zero-order valence-corrected chi connectivity index (χ0v) is 11.4. The molecular weight excluding hydrogens is 278 g/mol. The molecule has 1 aliphatic rings. The number of imidazole rings is 1. The van der Waals surface area contributed by atoms with Gasteiger partial charge >= 0.3 is 0 Å². The molecule has 0 spiro atoms. The van der Waals surface area contributed by atoms with Crippen LogP contribution in [0, 0.1) is 5.92 Å². The summed E-state index contributed by atoms with van der Waals surface area (Å²) in [4.78, 5) is 22.2. The molecule has 21 heavy (non-hydrogen) atoms. The molecule has 1 unspecified atom stereocenters. The molecule has 6 N–H and O–H groups in total. The SMILES string of the molecule is CC1(O)[C@H](O)[C@@H](CO)C[C@H]1n1cnc2c(=O)[nH]c(N)nc21. The number of nitrogen functional groups attached to an aromatic ring is 1. The third-order valence-corrected chi connectivity index (χ3v) is 4.27. The van der Waals surface area contributed by atoms with E-state index >= 15 is 0 Å². The van der Waals surface area contributed by atoms with Gasteiger partial charge in [-0.3, -0.25) is 9.78 Å². The lowest BCUT2D eigenvalue weighted by Crippen LogP contribution is -2.42. The Morgan fingerprint density at radius 1 is 1.62 bits per heavy atom. The lowest BCUT2D eigenvalue weighted by molar-refractivity contribution is -0.0777. The highest BCUT2D eigenvalue weighted by Crippen LogP contribution is 2.43. The van der Waals surface area contributed by atoms with Gasteiger partial charge in [0.05, 0.1) is 18.5 Å². The molecule has 0 saturated heterocycles. The number of aromatic amines is 1. The molecule has 0 radical (unpaired) electrons. The van der Waals surface area contributed by atoms with Gasteiger partial charge in [-0.15, -0.1) is 0 Å². The molecule has 2 aromatic heterocycles. The van der Waals surface area contributed by atoms with Gasteiger partial charge in [-0.05, 0) is 13.3 Å². The molecule has 0 aliphatic heterocycles. The smallest absolute Gasteiger partial charge is 0.280 e. The van der Waals surface area contributed by atoms with E-state index in [0.29, 0.717) is 6.42 Å². The summed E-state index contributed by atoms with van der Waals surface area (Å²) in [5.41, 5.74) is 3.96. The van der Waals surface area contributed by atoms with E-state index in [0.717, 1.165) is 0 Å². The van der Waals surface area contributed by atoms with Gasteiger partial charge in [-0.25, -0.2) is 4.98 Å². The number of hydrogen-bond acceptors (Lipinski definition) is 7. The lowest BCUT2D eigenvalue weighted by atomic mass is 9.96. The van der Waals surface area contributed by atoms with Crippen LogP contribution in [0.5, 0.6) is 0 Å². The van der Waals surface area contributed by atoms with Crippen molar-refractivity contribution in [3.63, 3.8) is 0 Å². The number of aliphatic hydroxyl groups excluding tert-OH is 2. The standard InChI is InChI=1S/C12H17N5O4/c1-12(21)6(2-5(3-18)8(12)19)17-4-14-7-9(17)15-11(13)16-10(7)20/h4-6,8,18-19,21H,2-3H2,1H3,(H3,13,15,16,20)/t5-,6-,8-,12?/m1/s1. The van der Waals surface area contributed by atoms with Gasteiger partial charge in [0, 0.05) is 12.5 Å². The van der Waals surface area contributed by atoms with Crippen LogP contribution in [0.15, 0.2) is 11.1 Å². The summed E-state index contributed by atoms with van der Waals surface area (Å²) >= 11 is 0. The summed E-state index contributed by atoms with van der Waals surface area (Å²) < 4.78 is 1.53. The van der Waals surface area contributed by atoms with E-state index in [1.54, 1.807) is 0 Å². The molecule has 4 atom stereocenters. The van der Waals surface area contributed by atoms with Crippen LogP contribution in [0.1, 0.15) is 19.4 Å². The number of H-pyrrole nitrogens is 1. The number of aromatic nitrogens is 4. The summed E-state index contributed by atoms with van der Waals surface area (Å²) in [6.07, 6.45) is 0.645. The highest BCUT2D eigenvalue weighted by molar-refractivity contribution is 5.70. The molecule has 2 heterocycles. The summed E-state index contributed by atoms with van der Waals surface area (Å²) in [6, 6.07) is -0.566. The van der Waals surface area contributed by atoms with Crippen LogP contribution in [-0.4, -0.2) is 53.2 Å². The first-order valence-corrected chi connectivity index (χ1v) is 6.60. The van der Waals surface area contributed by atoms with Gasteiger partial charge in [-0.1, -0.05) is 0 Å². The highest BCUT2D eigenvalue weighted by Gasteiger charge is 2.51. The minimum Gasteiger partial charge on any atom is -0.396 e. The quantitative estimate of drug-likeness (QED) is 0.446. The summed E-state index contributed by atoms with van der Waals surface area (Å²) in [7, 11) is 0. The number of fused-ring (bicyclic) bond motifs is 1. The summed E-state index contributed by atoms with van der Waals surface area (Å²) in [5, 5.41) is 29.9. The number of anilines is 1. The summed E-state index contributed by atoms with van der Waals surface area (Å²) in [6.45, 7) is 1.25. The third kappa shape index (κ3) is 1.93. The Balaban J connectivity index is 2.15. The van der Waals surface area contributed by atoms with Crippen LogP contribution >= 0.6 is 0 Å². The fraction of sp³-hybridized carbons (Fsp3) is 0.583. The monoisotopic (exact) mass is 295 g/mol. The topological polar surface area (TPSA) is 150 Å². The van der Waals surface area contributed by atoms with Crippen molar-refractivity contribution in [3.05, 3.63) is 16.7 Å². The van der Waals surface area contributed by atoms with E-state index in [-0.39, 0.29) is 23.7 Å². The molecule has 114 valence electrons. The van der Waals surface area contributed by atoms with Gasteiger partial charge in [0.25, 0.3) is 5.56 Å². The second kappa shape index (κ2) is 4.52. The minimum atomic E-state index is -1.47. The fourth-order valence-corrected chi connectivity index (χ4v) is 3.07. The molecular formula is C12H17N5O4. The molecule has 1 aliphatic carbocycles. The Hall–Kier alpha value is -1.97. The Bertz CT molecular complexity index is 737. The predicted octanol–water partition coefficient (Wildman–Crippen LogP) is -1.63. The number of aliphatic hydroxyl groups is 3. The van der Waals surface area contributed by atoms with Crippen LogP contribution < -0.4 is 11.3 Å². The first kappa shape index (κ1) is 14.0. The number of nitrogens with one attached hydrogen (secondary N) is 1. The Morgan fingerprint density at radius 2 is 2.33 bits per heavy atom. The molecule has 9 nitrogen and oxygen atoms in total. The largest absolute Gasteiger partial charge is 0.396 e. The van der Waals surface area contributed by atoms with Crippen LogP contribution in [0.25, 0.3) is 11.2 Å². The Kier molecular flexibility index (Phi) is 3.01. The van der Waals surface area contributed by atoms with Crippen molar-refractivity contribution in [2.24, 2.45) is 5.92 Å². The molecule has 3 rings (SSSR count). The maximum Gasteiger partial charge on any atom is 0.280 e. The average molecular weight is 295 g/mol. The van der Waals surface area contributed by atoms with E-state index < -0.39 is 29.2 Å². The van der Waals surface area contributed by atoms with Crippen molar-refractivity contribution < 1.29 is 15.3 Å². The zero-order valence-electron chi connectivity index (χ0n) is 11.4. The Labute approximate surface area is 119 Å². The highest BCUT2D eigenvalue weighted by atomic mass is 16.3. The van der Waals surface area contributed by atoms with Crippen molar-refractivity contribution in [2.45, 2.75) is 31.1 Å². The fourth-order valence-electron chi connectivity index (χ4n) is 3.07. The van der Waals surface area contributed by atoms with Crippen molar-refractivity contribution >= 4 is 17.1 Å². The second-order valence-electron chi connectivity index (χ2n) is 5.64. The van der Waals surface area contributed by atoms with Gasteiger partial charge in [0.1, 0.15) is 5.60 Å². The lowest BCUT2D eigenvalue weighted by Gasteiger charge is -2.29. The molecule has 0 amide bonds. The normalized spacial score (nSPS) is 32.9. The molecule has 1 saturated carbocycles. The zero-order chi connectivity index (χ0) is 15.4. The van der Waals surface area contributed by atoms with Crippen LogP contribution in [0.2, 0.25) is 0 Å². The molecule has 0 aromatic carbocycles. The van der Waals surface area contributed by atoms with Gasteiger partial charge in [0.15, 0.2) is 11.2 Å². The van der Waals surface area contributed by atoms with Gasteiger partial charge in [0.2, 0.25) is 5.95 Å². The van der Waals surface area contributed by atoms with E-state index in [4.69, 9.17) is 5.73 Å². The van der Waals surface area contributed by atoms with E-state index in [1.165, 1.54) is 17.8 Å². The predicted molar refractivity (Wildman–Crippen MR) is 73.4 cm³/mol. The van der Waals surface area contributed by atoms with E-state index in [9.17, 15) is 20.1 Å². The maximum absolute atomic E-state index is 11.8. The average Bonchev–Trinajstić information content (AvgIpc) is 2.91. The molecule has 2 aromatic rings. The van der Waals surface area contributed by atoms with Crippen molar-refractivity contribution in [3.8, 4) is 0 Å². The number of nitrogens with two attached hydrogens (primary N) is 1. The van der Waals surface area contributed by atoms with E-state index in [1.807, 2.05) is 0 Å². The maximum atomic E-state index is 11.8. The van der Waals surface area contributed by atoms with Crippen LogP contribution in [-0.2, 0) is 0 Å². The number of nitrogens with zero attached hydrogens (tertiary/aromatic N) is 3. The first-order chi connectivity index (χ1) is 9.86. The van der Waals surface area contributed by atoms with Crippen molar-refractivity contribution in [2.75, 3.05) is 12.3 Å². The van der Waals surface area contributed by atoms with Gasteiger partial charge < -0.3 is 25.6 Å². The Morgan fingerprint density at radius 3 is 2.95 bits per heavy atom. The molecule has 1 fully saturated rings. The first-order valence-electron chi connectivity index (χ1n) is 6.60. The van der Waals surface area contributed by atoms with E-state index in [2.05, 4.69) is 15.0 Å². The second-order valence-corrected chi connectivity index (χ2v) is 5.64. The third-order valence-electron chi connectivity index (χ3n) is 4.27. The number of hydrogen-bond donors (Lipinski definition) is 5. The minimum absolute atomic E-state index is 0.0499. The van der Waals surface area contributed by atoms with Crippen LogP contribution in [0.4, 0.5) is 5.95 Å². The van der Waals surface area contributed by atoms with Crippen LogP contribution in [0.3, 0.4) is 0 Å². The molecule has 9 heteroatoms. The van der Waals surface area contributed by atoms with Crippen molar-refractivity contribution in [1.82, 2.24) is 19.5 Å².